The lowest BCUT2D eigenvalue weighted by atomic mass is 9.87. The number of sulfonamides is 1. The van der Waals surface area contributed by atoms with Crippen LogP contribution in [0.5, 0.6) is 11.6 Å². The molecule has 0 radical (unpaired) electrons. The zero-order chi connectivity index (χ0) is 42.2. The summed E-state index contributed by atoms with van der Waals surface area (Å²) in [4.78, 5) is 62.1. The van der Waals surface area contributed by atoms with E-state index in [9.17, 15) is 40.8 Å². The molecule has 0 spiro atoms. The fraction of sp³-hybridized carbons (Fsp3) is 0.615. The largest absolute Gasteiger partial charge is 0.494 e. The number of allylic oxidation sites excluding steroid dienone is 1. The zero-order valence-corrected chi connectivity index (χ0v) is 33.8. The Morgan fingerprint density at radius 2 is 1.78 bits per heavy atom. The molecular formula is C39H50F3N5O10S. The van der Waals surface area contributed by atoms with Crippen LogP contribution in [0.15, 0.2) is 42.6 Å². The second kappa shape index (κ2) is 16.5. The third-order valence-corrected chi connectivity index (χ3v) is 13.2. The minimum atomic E-state index is -4.94. The summed E-state index contributed by atoms with van der Waals surface area (Å²) in [6.07, 6.45) is -0.120. The van der Waals surface area contributed by atoms with E-state index >= 15 is 0 Å². The van der Waals surface area contributed by atoms with Gasteiger partial charge in [0.25, 0.3) is 5.91 Å². The zero-order valence-electron chi connectivity index (χ0n) is 33.0. The molecule has 2 aliphatic heterocycles. The molecule has 0 unspecified atom stereocenters. The van der Waals surface area contributed by atoms with Gasteiger partial charge in [-0.25, -0.2) is 18.2 Å². The number of nitrogens with zero attached hydrogens (tertiary/aromatic N) is 2. The van der Waals surface area contributed by atoms with Crippen molar-refractivity contribution in [1.29, 1.82) is 0 Å². The fourth-order valence-electron chi connectivity index (χ4n) is 7.69. The van der Waals surface area contributed by atoms with Gasteiger partial charge in [-0.3, -0.25) is 19.1 Å². The summed E-state index contributed by atoms with van der Waals surface area (Å²) in [5.41, 5.74) is -4.56. The predicted octanol–water partition coefficient (Wildman–Crippen LogP) is 4.15. The highest BCUT2D eigenvalue weighted by molar-refractivity contribution is 7.91. The van der Waals surface area contributed by atoms with Crippen molar-refractivity contribution >= 4 is 44.6 Å². The van der Waals surface area contributed by atoms with Crippen LogP contribution in [0.3, 0.4) is 0 Å². The molecule has 1 saturated heterocycles. The van der Waals surface area contributed by atoms with Crippen LogP contribution in [0.25, 0.3) is 10.8 Å². The molecule has 6 rings (SSSR count). The average Bonchev–Trinajstić information content (AvgIpc) is 4.08. The molecule has 1 aromatic carbocycles. The van der Waals surface area contributed by atoms with E-state index in [1.54, 1.807) is 30.3 Å². The molecule has 7 atom stereocenters. The number of rotatable bonds is 10. The molecule has 3 heterocycles. The van der Waals surface area contributed by atoms with Crippen LogP contribution < -0.4 is 24.8 Å². The van der Waals surface area contributed by atoms with E-state index in [-0.39, 0.29) is 44.2 Å². The number of carbonyl (C=O) groups excluding carboxylic acids is 4. The minimum Gasteiger partial charge on any atom is -0.494 e. The van der Waals surface area contributed by atoms with Gasteiger partial charge in [-0.1, -0.05) is 37.3 Å². The van der Waals surface area contributed by atoms with Crippen LogP contribution in [0.1, 0.15) is 65.7 Å². The lowest BCUT2D eigenvalue weighted by Crippen LogP contribution is -2.60. The third kappa shape index (κ3) is 9.14. The molecule has 19 heteroatoms. The second-order valence-electron chi connectivity index (χ2n) is 16.2. The molecule has 4 amide bonds. The smallest absolute Gasteiger partial charge is 0.427 e. The fourth-order valence-corrected chi connectivity index (χ4v) is 9.06. The van der Waals surface area contributed by atoms with Crippen LogP contribution in [0, 0.1) is 17.8 Å². The van der Waals surface area contributed by atoms with Crippen LogP contribution >= 0.6 is 0 Å². The Kier molecular flexibility index (Phi) is 12.2. The van der Waals surface area contributed by atoms with E-state index in [1.165, 1.54) is 20.4 Å². The molecule has 3 fully saturated rings. The number of halogens is 3. The van der Waals surface area contributed by atoms with Gasteiger partial charge in [-0.2, -0.15) is 13.2 Å². The average molecular weight is 838 g/mol. The number of methoxy groups -OCH3 is 2. The van der Waals surface area contributed by atoms with Crippen LogP contribution in [0.4, 0.5) is 18.0 Å². The summed E-state index contributed by atoms with van der Waals surface area (Å²) in [5, 5.41) is 5.71. The highest BCUT2D eigenvalue weighted by Crippen LogP contribution is 2.46. The molecule has 0 bridgehead atoms. The first kappa shape index (κ1) is 42.9. The van der Waals surface area contributed by atoms with Gasteiger partial charge in [0, 0.05) is 36.1 Å². The van der Waals surface area contributed by atoms with Gasteiger partial charge in [-0.05, 0) is 64.4 Å². The van der Waals surface area contributed by atoms with Gasteiger partial charge in [0.1, 0.15) is 29.5 Å². The van der Waals surface area contributed by atoms with Crippen LogP contribution in [0.2, 0.25) is 0 Å². The number of pyridine rings is 1. The summed E-state index contributed by atoms with van der Waals surface area (Å²) in [5.74, 6) is -3.33. The highest BCUT2D eigenvalue weighted by atomic mass is 32.2. The number of amides is 4. The molecule has 2 aliphatic carbocycles. The normalized spacial score (nSPS) is 28.9. The Morgan fingerprint density at radius 1 is 1.07 bits per heavy atom. The van der Waals surface area contributed by atoms with Crippen LogP contribution in [-0.4, -0.2) is 110 Å². The van der Waals surface area contributed by atoms with Crippen molar-refractivity contribution in [3.05, 3.63) is 42.6 Å². The third-order valence-electron chi connectivity index (χ3n) is 11.4. The van der Waals surface area contributed by atoms with E-state index in [0.717, 1.165) is 4.90 Å². The quantitative estimate of drug-likeness (QED) is 0.292. The van der Waals surface area contributed by atoms with Gasteiger partial charge < -0.3 is 34.5 Å². The van der Waals surface area contributed by atoms with Gasteiger partial charge in [0.2, 0.25) is 33.3 Å². The minimum absolute atomic E-state index is 0.0905. The Morgan fingerprint density at radius 3 is 2.43 bits per heavy atom. The van der Waals surface area contributed by atoms with E-state index in [2.05, 4.69) is 20.3 Å². The molecular weight excluding hydrogens is 788 g/mol. The first-order valence-corrected chi connectivity index (χ1v) is 20.8. The molecule has 58 heavy (non-hydrogen) atoms. The van der Waals surface area contributed by atoms with Gasteiger partial charge in [-0.15, -0.1) is 0 Å². The lowest BCUT2D eigenvalue weighted by molar-refractivity contribution is -0.244. The number of alkyl halides is 3. The summed E-state index contributed by atoms with van der Waals surface area (Å²) in [7, 11) is -1.11. The monoisotopic (exact) mass is 837 g/mol. The Labute approximate surface area is 334 Å². The van der Waals surface area contributed by atoms with Crippen molar-refractivity contribution in [3.63, 3.8) is 0 Å². The molecule has 4 aliphatic rings. The Balaban J connectivity index is 1.38. The van der Waals surface area contributed by atoms with E-state index in [4.69, 9.17) is 18.9 Å². The highest BCUT2D eigenvalue weighted by Gasteiger charge is 2.62. The standard InChI is InChI=1S/C39H50F3N5O10S/c1-22-10-6-7-11-24-18-38(24,35(50)46-58(52,53)26-14-15-26)45-32(48)29-17-25(56-33-28-13-9-8-12-27(28)30(55-5)19-43-33)20-47(29)34(49)31(23(16-22)21-54-4)44-36(51)57-37(2,3)39(40,41)42/h7-9,11-13,19,22-26,29,31H,6,10,14-18,20-21H2,1-5H3,(H,44,51)(H,45,48)(H,46,50)/b11-7-/t22-,23-,24+,25+,29-,31-,38+/m0/s1. The summed E-state index contributed by atoms with van der Waals surface area (Å²) < 4.78 is 91.5. The van der Waals surface area contributed by atoms with Crippen molar-refractivity contribution in [2.45, 2.75) is 106 Å². The molecule has 1 aromatic heterocycles. The first-order chi connectivity index (χ1) is 27.3. The SMILES string of the molecule is COC[C@@H]1C[C@@H](C)CC/C=C\[C@@H]2C[C@@]2(C(=O)NS(=O)(=O)C2CC2)NC(=O)[C@@H]2C[C@@H](Oc3ncc(OC)c4ccccc34)CN2C(=O)[C@H]1NC(=O)OC(C)(C)C(F)(F)F. The Hall–Kier alpha value is -4.65. The maximum Gasteiger partial charge on any atom is 0.427 e. The van der Waals surface area contributed by atoms with Crippen molar-refractivity contribution in [3.8, 4) is 11.6 Å². The van der Waals surface area contributed by atoms with Crippen molar-refractivity contribution in [1.82, 2.24) is 25.2 Å². The molecule has 318 valence electrons. The number of carbonyl (C=O) groups is 4. The number of fused-ring (bicyclic) bond motifs is 3. The lowest BCUT2D eigenvalue weighted by Gasteiger charge is -2.35. The predicted molar refractivity (Wildman–Crippen MR) is 203 cm³/mol. The number of ether oxygens (including phenoxy) is 4. The number of benzene rings is 1. The number of hydrogen-bond acceptors (Lipinski definition) is 11. The maximum absolute atomic E-state index is 14.9. The molecule has 2 aromatic rings. The van der Waals surface area contributed by atoms with Crippen molar-refractivity contribution < 1.29 is 59.7 Å². The Bertz CT molecular complexity index is 2040. The first-order valence-electron chi connectivity index (χ1n) is 19.3. The van der Waals surface area contributed by atoms with E-state index < -0.39 is 86.4 Å². The molecule has 3 N–H and O–H groups in total. The molecule has 15 nitrogen and oxygen atoms in total. The number of nitrogens with one attached hydrogen (secondary N) is 3. The van der Waals surface area contributed by atoms with Gasteiger partial charge in [0.15, 0.2) is 0 Å². The molecule has 2 saturated carbocycles. The van der Waals surface area contributed by atoms with E-state index in [1.807, 2.05) is 13.0 Å². The summed E-state index contributed by atoms with van der Waals surface area (Å²) in [6.45, 7) is 2.94. The van der Waals surface area contributed by atoms with Crippen molar-refractivity contribution in [2.75, 3.05) is 27.4 Å². The van der Waals surface area contributed by atoms with Gasteiger partial charge >= 0.3 is 12.3 Å². The maximum atomic E-state index is 14.9. The summed E-state index contributed by atoms with van der Waals surface area (Å²) >= 11 is 0. The second-order valence-corrected chi connectivity index (χ2v) is 18.1. The van der Waals surface area contributed by atoms with Gasteiger partial charge in [0.05, 0.1) is 31.7 Å². The summed E-state index contributed by atoms with van der Waals surface area (Å²) in [6, 6.07) is 4.25. The van der Waals surface area contributed by atoms with E-state index in [0.29, 0.717) is 56.1 Å². The van der Waals surface area contributed by atoms with Crippen molar-refractivity contribution in [2.24, 2.45) is 17.8 Å². The van der Waals surface area contributed by atoms with Crippen LogP contribution in [-0.2, 0) is 33.9 Å². The number of hydrogen-bond donors (Lipinski definition) is 3. The number of aromatic nitrogens is 1. The topological polar surface area (TPSA) is 192 Å². The number of alkyl carbamates (subject to hydrolysis) is 1.